The SMILES string of the molecule is CC(=O)NC(Cc1c[nH]c2ccccc12)C(=O)NC(C)c1ccccc1Br. The van der Waals surface area contributed by atoms with E-state index >= 15 is 0 Å². The molecule has 0 aliphatic rings. The van der Waals surface area contributed by atoms with Gasteiger partial charge in [-0.3, -0.25) is 9.59 Å². The number of carbonyl (C=O) groups is 2. The van der Waals surface area contributed by atoms with Crippen LogP contribution >= 0.6 is 15.9 Å². The minimum Gasteiger partial charge on any atom is -0.361 e. The van der Waals surface area contributed by atoms with Crippen molar-refractivity contribution in [3.8, 4) is 0 Å². The maximum absolute atomic E-state index is 12.9. The standard InChI is InChI=1S/C21H22BrN3O2/c1-13(16-7-3-5-9-18(16)22)24-21(27)20(25-14(2)26)11-15-12-23-19-10-6-4-8-17(15)19/h3-10,12-13,20,23H,11H2,1-2H3,(H,24,27)(H,25,26). The Balaban J connectivity index is 1.78. The maximum atomic E-state index is 12.9. The molecular weight excluding hydrogens is 406 g/mol. The van der Waals surface area contributed by atoms with Gasteiger partial charge in [0.25, 0.3) is 0 Å². The van der Waals surface area contributed by atoms with Gasteiger partial charge >= 0.3 is 0 Å². The molecule has 3 aromatic rings. The molecule has 5 nitrogen and oxygen atoms in total. The van der Waals surface area contributed by atoms with Gasteiger partial charge in [-0.05, 0) is 30.2 Å². The Morgan fingerprint density at radius 1 is 1.07 bits per heavy atom. The van der Waals surface area contributed by atoms with E-state index in [1.807, 2.05) is 61.7 Å². The molecular formula is C21H22BrN3O2. The van der Waals surface area contributed by atoms with Crippen LogP contribution in [0.2, 0.25) is 0 Å². The number of rotatable bonds is 6. The number of hydrogen-bond donors (Lipinski definition) is 3. The minimum atomic E-state index is -0.647. The largest absolute Gasteiger partial charge is 0.361 e. The van der Waals surface area contributed by atoms with E-state index < -0.39 is 6.04 Å². The lowest BCUT2D eigenvalue weighted by Crippen LogP contribution is -2.48. The molecule has 27 heavy (non-hydrogen) atoms. The fraction of sp³-hybridized carbons (Fsp3) is 0.238. The normalized spacial score (nSPS) is 13.1. The summed E-state index contributed by atoms with van der Waals surface area (Å²) in [7, 11) is 0. The molecule has 1 aromatic heterocycles. The van der Waals surface area contributed by atoms with Gasteiger partial charge in [0.1, 0.15) is 6.04 Å². The molecule has 0 saturated carbocycles. The molecule has 0 fully saturated rings. The summed E-state index contributed by atoms with van der Waals surface area (Å²) < 4.78 is 0.936. The number of benzene rings is 2. The summed E-state index contributed by atoms with van der Waals surface area (Å²) >= 11 is 3.51. The number of carbonyl (C=O) groups excluding carboxylic acids is 2. The second kappa shape index (κ2) is 8.39. The summed E-state index contributed by atoms with van der Waals surface area (Å²) in [6, 6.07) is 14.8. The first-order valence-corrected chi connectivity index (χ1v) is 9.62. The van der Waals surface area contributed by atoms with Gasteiger partial charge in [0.05, 0.1) is 6.04 Å². The Kier molecular flexibility index (Phi) is 5.96. The lowest BCUT2D eigenvalue weighted by atomic mass is 10.0. The van der Waals surface area contributed by atoms with Gasteiger partial charge in [-0.25, -0.2) is 0 Å². The average molecular weight is 428 g/mol. The molecule has 2 atom stereocenters. The molecule has 2 unspecified atom stereocenters. The van der Waals surface area contributed by atoms with Crippen LogP contribution in [0.5, 0.6) is 0 Å². The lowest BCUT2D eigenvalue weighted by molar-refractivity contribution is -0.128. The second-order valence-electron chi connectivity index (χ2n) is 6.57. The zero-order valence-corrected chi connectivity index (χ0v) is 16.8. The fourth-order valence-electron chi connectivity index (χ4n) is 3.19. The zero-order chi connectivity index (χ0) is 19.4. The third kappa shape index (κ3) is 4.57. The lowest BCUT2D eigenvalue weighted by Gasteiger charge is -2.21. The number of amides is 2. The van der Waals surface area contributed by atoms with Gasteiger partial charge in [0, 0.05) is 34.9 Å². The number of para-hydroxylation sites is 1. The number of nitrogens with one attached hydrogen (secondary N) is 3. The van der Waals surface area contributed by atoms with Crippen LogP contribution in [-0.2, 0) is 16.0 Å². The van der Waals surface area contributed by atoms with Gasteiger partial charge in [0.15, 0.2) is 0 Å². The Bertz CT molecular complexity index is 967. The van der Waals surface area contributed by atoms with Gasteiger partial charge < -0.3 is 15.6 Å². The predicted molar refractivity (Wildman–Crippen MR) is 110 cm³/mol. The number of hydrogen-bond acceptors (Lipinski definition) is 2. The highest BCUT2D eigenvalue weighted by atomic mass is 79.9. The Labute approximate surface area is 166 Å². The van der Waals surface area contributed by atoms with Crippen molar-refractivity contribution in [3.05, 3.63) is 70.3 Å². The van der Waals surface area contributed by atoms with E-state index in [9.17, 15) is 9.59 Å². The highest BCUT2D eigenvalue weighted by Crippen LogP contribution is 2.23. The molecule has 0 spiro atoms. The highest BCUT2D eigenvalue weighted by molar-refractivity contribution is 9.10. The van der Waals surface area contributed by atoms with E-state index in [2.05, 4.69) is 31.5 Å². The summed E-state index contributed by atoms with van der Waals surface area (Å²) in [6.45, 7) is 3.35. The smallest absolute Gasteiger partial charge is 0.243 e. The van der Waals surface area contributed by atoms with Crippen LogP contribution in [0.25, 0.3) is 10.9 Å². The van der Waals surface area contributed by atoms with Crippen LogP contribution in [-0.4, -0.2) is 22.8 Å². The topological polar surface area (TPSA) is 74.0 Å². The molecule has 2 amide bonds. The molecule has 0 saturated heterocycles. The van der Waals surface area contributed by atoms with E-state index in [1.54, 1.807) is 0 Å². The van der Waals surface area contributed by atoms with Crippen LogP contribution in [0.3, 0.4) is 0 Å². The molecule has 0 aliphatic carbocycles. The third-order valence-electron chi connectivity index (χ3n) is 4.52. The Hall–Kier alpha value is -2.60. The first kappa shape index (κ1) is 19.2. The van der Waals surface area contributed by atoms with Crippen molar-refractivity contribution in [3.63, 3.8) is 0 Å². The van der Waals surface area contributed by atoms with Crippen molar-refractivity contribution in [2.24, 2.45) is 0 Å². The maximum Gasteiger partial charge on any atom is 0.243 e. The molecule has 6 heteroatoms. The van der Waals surface area contributed by atoms with E-state index in [1.165, 1.54) is 6.92 Å². The molecule has 3 rings (SSSR count). The summed E-state index contributed by atoms with van der Waals surface area (Å²) in [5.41, 5.74) is 2.99. The second-order valence-corrected chi connectivity index (χ2v) is 7.42. The van der Waals surface area contributed by atoms with Crippen LogP contribution in [0.15, 0.2) is 59.2 Å². The number of aromatic amines is 1. The van der Waals surface area contributed by atoms with Crippen molar-refractivity contribution in [1.82, 2.24) is 15.6 Å². The van der Waals surface area contributed by atoms with Crippen molar-refractivity contribution in [2.45, 2.75) is 32.4 Å². The predicted octanol–water partition coefficient (Wildman–Crippen LogP) is 3.86. The van der Waals surface area contributed by atoms with Crippen molar-refractivity contribution >= 4 is 38.6 Å². The molecule has 1 heterocycles. The third-order valence-corrected chi connectivity index (χ3v) is 5.25. The van der Waals surface area contributed by atoms with Crippen molar-refractivity contribution in [2.75, 3.05) is 0 Å². The summed E-state index contributed by atoms with van der Waals surface area (Å²) in [5.74, 6) is -0.442. The molecule has 0 radical (unpaired) electrons. The summed E-state index contributed by atoms with van der Waals surface area (Å²) in [4.78, 5) is 27.7. The Morgan fingerprint density at radius 3 is 2.52 bits per heavy atom. The minimum absolute atomic E-state index is 0.188. The first-order chi connectivity index (χ1) is 13.0. The van der Waals surface area contributed by atoms with Crippen molar-refractivity contribution < 1.29 is 9.59 Å². The van der Waals surface area contributed by atoms with Crippen LogP contribution < -0.4 is 10.6 Å². The molecule has 0 bridgehead atoms. The van der Waals surface area contributed by atoms with E-state index in [-0.39, 0.29) is 17.9 Å². The van der Waals surface area contributed by atoms with E-state index in [4.69, 9.17) is 0 Å². The van der Waals surface area contributed by atoms with E-state index in [0.29, 0.717) is 6.42 Å². The molecule has 140 valence electrons. The zero-order valence-electron chi connectivity index (χ0n) is 15.3. The highest BCUT2D eigenvalue weighted by Gasteiger charge is 2.23. The number of H-pyrrole nitrogens is 1. The van der Waals surface area contributed by atoms with Gasteiger partial charge in [0.2, 0.25) is 11.8 Å². The fourth-order valence-corrected chi connectivity index (χ4v) is 3.82. The monoisotopic (exact) mass is 427 g/mol. The molecule has 0 aliphatic heterocycles. The molecule has 2 aromatic carbocycles. The van der Waals surface area contributed by atoms with Crippen LogP contribution in [0.1, 0.15) is 31.0 Å². The molecule has 3 N–H and O–H groups in total. The number of halogens is 1. The average Bonchev–Trinajstić information content (AvgIpc) is 3.04. The number of aromatic nitrogens is 1. The van der Waals surface area contributed by atoms with Gasteiger partial charge in [-0.1, -0.05) is 52.3 Å². The van der Waals surface area contributed by atoms with Gasteiger partial charge in [-0.15, -0.1) is 0 Å². The van der Waals surface area contributed by atoms with E-state index in [0.717, 1.165) is 26.5 Å². The number of fused-ring (bicyclic) bond motifs is 1. The van der Waals surface area contributed by atoms with Crippen LogP contribution in [0.4, 0.5) is 0 Å². The quantitative estimate of drug-likeness (QED) is 0.558. The first-order valence-electron chi connectivity index (χ1n) is 8.82. The Morgan fingerprint density at radius 2 is 1.78 bits per heavy atom. The van der Waals surface area contributed by atoms with Gasteiger partial charge in [-0.2, -0.15) is 0 Å². The van der Waals surface area contributed by atoms with Crippen molar-refractivity contribution in [1.29, 1.82) is 0 Å². The van der Waals surface area contributed by atoms with Crippen LogP contribution in [0, 0.1) is 0 Å². The summed E-state index contributed by atoms with van der Waals surface area (Å²) in [5, 5.41) is 6.84. The summed E-state index contributed by atoms with van der Waals surface area (Å²) in [6.07, 6.45) is 2.31.